The van der Waals surface area contributed by atoms with Gasteiger partial charge in [0.05, 0.1) is 22.5 Å². The van der Waals surface area contributed by atoms with Gasteiger partial charge >= 0.3 is 0 Å². The van der Waals surface area contributed by atoms with Crippen LogP contribution in [0.1, 0.15) is 16.1 Å². The highest BCUT2D eigenvalue weighted by Crippen LogP contribution is 2.20. The molecule has 6 heteroatoms. The molecule has 4 nitrogen and oxygen atoms in total. The van der Waals surface area contributed by atoms with Crippen LogP contribution < -0.4 is 5.32 Å². The molecular formula is C12H9Cl2N3O. The number of hydrogen-bond acceptors (Lipinski definition) is 3. The van der Waals surface area contributed by atoms with Gasteiger partial charge in [0.1, 0.15) is 5.15 Å². The standard InChI is InChI=1S/C12H9Cl2N3O/c1-7-2-3-9(6-15-7)17-12(18)8-4-10(13)11(14)16-5-8/h2-6H,1H3,(H,17,18). The topological polar surface area (TPSA) is 54.9 Å². The molecule has 2 rings (SSSR count). The zero-order chi connectivity index (χ0) is 13.1. The number of hydrogen-bond donors (Lipinski definition) is 1. The highest BCUT2D eigenvalue weighted by Gasteiger charge is 2.09. The molecule has 0 aliphatic carbocycles. The third-order valence-electron chi connectivity index (χ3n) is 2.23. The molecule has 0 saturated carbocycles. The minimum absolute atomic E-state index is 0.171. The first kappa shape index (κ1) is 12.8. The minimum atomic E-state index is -0.313. The predicted molar refractivity (Wildman–Crippen MR) is 71.2 cm³/mol. The summed E-state index contributed by atoms with van der Waals surface area (Å²) < 4.78 is 0. The van der Waals surface area contributed by atoms with Crippen LogP contribution in [0, 0.1) is 6.92 Å². The largest absolute Gasteiger partial charge is 0.321 e. The Kier molecular flexibility index (Phi) is 3.79. The third-order valence-corrected chi connectivity index (χ3v) is 2.91. The first-order chi connectivity index (χ1) is 8.56. The Hall–Kier alpha value is -1.65. The molecule has 0 aromatic carbocycles. The summed E-state index contributed by atoms with van der Waals surface area (Å²) in [4.78, 5) is 19.8. The average Bonchev–Trinajstić information content (AvgIpc) is 2.35. The molecule has 0 atom stereocenters. The number of anilines is 1. The number of pyridine rings is 2. The van der Waals surface area contributed by atoms with Gasteiger partial charge in [-0.3, -0.25) is 9.78 Å². The van der Waals surface area contributed by atoms with Gasteiger partial charge in [-0.2, -0.15) is 0 Å². The van der Waals surface area contributed by atoms with Crippen molar-refractivity contribution in [3.05, 3.63) is 52.0 Å². The summed E-state index contributed by atoms with van der Waals surface area (Å²) in [7, 11) is 0. The highest BCUT2D eigenvalue weighted by atomic mass is 35.5. The molecule has 92 valence electrons. The molecule has 0 spiro atoms. The van der Waals surface area contributed by atoms with E-state index in [2.05, 4.69) is 15.3 Å². The molecule has 0 bridgehead atoms. The SMILES string of the molecule is Cc1ccc(NC(=O)c2cnc(Cl)c(Cl)c2)cn1. The normalized spacial score (nSPS) is 10.2. The lowest BCUT2D eigenvalue weighted by Gasteiger charge is -2.05. The van der Waals surface area contributed by atoms with Crippen molar-refractivity contribution in [2.75, 3.05) is 5.32 Å². The predicted octanol–water partition coefficient (Wildman–Crippen LogP) is 3.34. The first-order valence-electron chi connectivity index (χ1n) is 5.11. The Morgan fingerprint density at radius 2 is 2.00 bits per heavy atom. The molecule has 0 radical (unpaired) electrons. The summed E-state index contributed by atoms with van der Waals surface area (Å²) in [5.41, 5.74) is 1.82. The van der Waals surface area contributed by atoms with Crippen molar-refractivity contribution in [3.63, 3.8) is 0 Å². The van der Waals surface area contributed by atoms with Gasteiger partial charge in [0.25, 0.3) is 5.91 Å². The lowest BCUT2D eigenvalue weighted by atomic mass is 10.2. The number of aryl methyl sites for hydroxylation is 1. The third kappa shape index (κ3) is 2.97. The Morgan fingerprint density at radius 1 is 1.22 bits per heavy atom. The smallest absolute Gasteiger partial charge is 0.257 e. The molecule has 2 aromatic heterocycles. The van der Waals surface area contributed by atoms with Crippen LogP contribution in [-0.4, -0.2) is 15.9 Å². The van der Waals surface area contributed by atoms with Crippen LogP contribution in [0.3, 0.4) is 0 Å². The summed E-state index contributed by atoms with van der Waals surface area (Å²) in [6, 6.07) is 5.04. The van der Waals surface area contributed by atoms with E-state index < -0.39 is 0 Å². The maximum Gasteiger partial charge on any atom is 0.257 e. The molecule has 0 saturated heterocycles. The number of nitrogens with one attached hydrogen (secondary N) is 1. The quantitative estimate of drug-likeness (QED) is 0.859. The summed E-state index contributed by atoms with van der Waals surface area (Å²) in [5.74, 6) is -0.313. The second-order valence-electron chi connectivity index (χ2n) is 3.64. The summed E-state index contributed by atoms with van der Waals surface area (Å²) in [6.07, 6.45) is 2.95. The van der Waals surface area contributed by atoms with Crippen molar-refractivity contribution in [1.29, 1.82) is 0 Å². The molecule has 2 heterocycles. The van der Waals surface area contributed by atoms with Crippen LogP contribution in [0.5, 0.6) is 0 Å². The maximum absolute atomic E-state index is 11.9. The highest BCUT2D eigenvalue weighted by molar-refractivity contribution is 6.41. The summed E-state index contributed by atoms with van der Waals surface area (Å²) in [6.45, 7) is 1.87. The lowest BCUT2D eigenvalue weighted by Crippen LogP contribution is -2.12. The fourth-order valence-electron chi connectivity index (χ4n) is 1.29. The van der Waals surface area contributed by atoms with E-state index in [0.29, 0.717) is 11.3 Å². The van der Waals surface area contributed by atoms with Gasteiger partial charge in [-0.05, 0) is 25.1 Å². The Bertz CT molecular complexity index is 584. The molecule has 0 unspecified atom stereocenters. The molecule has 0 aliphatic rings. The Labute approximate surface area is 114 Å². The van der Waals surface area contributed by atoms with Gasteiger partial charge in [-0.1, -0.05) is 23.2 Å². The molecule has 0 aliphatic heterocycles. The van der Waals surface area contributed by atoms with Gasteiger partial charge < -0.3 is 5.32 Å². The average molecular weight is 282 g/mol. The van der Waals surface area contributed by atoms with Gasteiger partial charge in [0.15, 0.2) is 0 Å². The monoisotopic (exact) mass is 281 g/mol. The van der Waals surface area contributed by atoms with Crippen LogP contribution in [0.4, 0.5) is 5.69 Å². The van der Waals surface area contributed by atoms with Crippen molar-refractivity contribution < 1.29 is 4.79 Å². The van der Waals surface area contributed by atoms with Crippen LogP contribution in [-0.2, 0) is 0 Å². The van der Waals surface area contributed by atoms with Crippen molar-refractivity contribution in [2.45, 2.75) is 6.92 Å². The summed E-state index contributed by atoms with van der Waals surface area (Å²) in [5, 5.41) is 3.10. The number of nitrogens with zero attached hydrogens (tertiary/aromatic N) is 2. The van der Waals surface area contributed by atoms with Crippen LogP contribution in [0.15, 0.2) is 30.6 Å². The number of carbonyl (C=O) groups is 1. The second kappa shape index (κ2) is 5.33. The van der Waals surface area contributed by atoms with E-state index in [1.807, 2.05) is 13.0 Å². The second-order valence-corrected chi connectivity index (χ2v) is 4.40. The zero-order valence-electron chi connectivity index (χ0n) is 9.45. The number of amides is 1. The van der Waals surface area contributed by atoms with Gasteiger partial charge in [-0.25, -0.2) is 4.98 Å². The van der Waals surface area contributed by atoms with E-state index >= 15 is 0 Å². The Morgan fingerprint density at radius 3 is 2.61 bits per heavy atom. The number of carbonyl (C=O) groups excluding carboxylic acids is 1. The first-order valence-corrected chi connectivity index (χ1v) is 5.87. The molecular weight excluding hydrogens is 273 g/mol. The van der Waals surface area contributed by atoms with E-state index in [1.165, 1.54) is 12.3 Å². The minimum Gasteiger partial charge on any atom is -0.321 e. The van der Waals surface area contributed by atoms with Crippen molar-refractivity contribution >= 4 is 34.8 Å². The van der Waals surface area contributed by atoms with Crippen LogP contribution in [0.25, 0.3) is 0 Å². The summed E-state index contributed by atoms with van der Waals surface area (Å²) >= 11 is 11.5. The zero-order valence-corrected chi connectivity index (χ0v) is 11.0. The fourth-order valence-corrected chi connectivity index (χ4v) is 1.56. The fraction of sp³-hybridized carbons (Fsp3) is 0.0833. The molecule has 1 amide bonds. The van der Waals surface area contributed by atoms with E-state index in [0.717, 1.165) is 5.69 Å². The molecule has 0 fully saturated rings. The number of rotatable bonds is 2. The van der Waals surface area contributed by atoms with Gasteiger partial charge in [0, 0.05) is 11.9 Å². The van der Waals surface area contributed by atoms with E-state index in [9.17, 15) is 4.79 Å². The van der Waals surface area contributed by atoms with Crippen molar-refractivity contribution in [1.82, 2.24) is 9.97 Å². The molecule has 18 heavy (non-hydrogen) atoms. The van der Waals surface area contributed by atoms with Gasteiger partial charge in [0.2, 0.25) is 0 Å². The van der Waals surface area contributed by atoms with E-state index in [4.69, 9.17) is 23.2 Å². The lowest BCUT2D eigenvalue weighted by molar-refractivity contribution is 0.102. The van der Waals surface area contributed by atoms with E-state index in [1.54, 1.807) is 12.3 Å². The van der Waals surface area contributed by atoms with Crippen LogP contribution >= 0.6 is 23.2 Å². The van der Waals surface area contributed by atoms with Crippen molar-refractivity contribution in [3.8, 4) is 0 Å². The Balaban J connectivity index is 2.16. The number of aromatic nitrogens is 2. The van der Waals surface area contributed by atoms with Crippen LogP contribution in [0.2, 0.25) is 10.2 Å². The number of halogens is 2. The molecule has 1 N–H and O–H groups in total. The van der Waals surface area contributed by atoms with E-state index in [-0.39, 0.29) is 16.1 Å². The van der Waals surface area contributed by atoms with Crippen molar-refractivity contribution in [2.24, 2.45) is 0 Å². The van der Waals surface area contributed by atoms with Gasteiger partial charge in [-0.15, -0.1) is 0 Å². The molecule has 2 aromatic rings. The maximum atomic E-state index is 11.9.